The summed E-state index contributed by atoms with van der Waals surface area (Å²) in [6, 6.07) is 12.2. The Morgan fingerprint density at radius 3 is 2.53 bits per heavy atom. The highest BCUT2D eigenvalue weighted by atomic mass is 16.4. The zero-order valence-electron chi connectivity index (χ0n) is 11.6. The highest BCUT2D eigenvalue weighted by Crippen LogP contribution is 2.18. The molecule has 3 nitrogen and oxygen atoms in total. The van der Waals surface area contributed by atoms with E-state index in [0.29, 0.717) is 6.54 Å². The van der Waals surface area contributed by atoms with Crippen LogP contribution in [0, 0.1) is 6.92 Å². The average Bonchev–Trinajstić information content (AvgIpc) is 2.37. The number of likely N-dealkylation sites (N-methyl/N-ethyl adjacent to an activating group) is 1. The van der Waals surface area contributed by atoms with Gasteiger partial charge in [-0.2, -0.15) is 0 Å². The molecule has 0 saturated carbocycles. The van der Waals surface area contributed by atoms with Crippen LogP contribution in [0.2, 0.25) is 0 Å². The van der Waals surface area contributed by atoms with Crippen LogP contribution in [0.1, 0.15) is 18.1 Å². The zero-order chi connectivity index (χ0) is 14.0. The van der Waals surface area contributed by atoms with Gasteiger partial charge in [-0.3, -0.25) is 9.69 Å². The molecule has 1 atom stereocenters. The van der Waals surface area contributed by atoms with Gasteiger partial charge in [-0.05, 0) is 43.3 Å². The van der Waals surface area contributed by atoms with E-state index in [-0.39, 0.29) is 0 Å². The summed E-state index contributed by atoms with van der Waals surface area (Å²) < 4.78 is 0. The van der Waals surface area contributed by atoms with Gasteiger partial charge in [0.25, 0.3) is 0 Å². The van der Waals surface area contributed by atoms with Crippen LogP contribution in [0.25, 0.3) is 10.8 Å². The molecule has 0 radical (unpaired) electrons. The van der Waals surface area contributed by atoms with Crippen LogP contribution in [0.15, 0.2) is 36.4 Å². The van der Waals surface area contributed by atoms with Crippen molar-refractivity contribution in [2.45, 2.75) is 26.4 Å². The van der Waals surface area contributed by atoms with Gasteiger partial charge in [0.2, 0.25) is 0 Å². The van der Waals surface area contributed by atoms with Crippen molar-refractivity contribution in [2.75, 3.05) is 7.05 Å². The first kappa shape index (κ1) is 13.6. The molecular formula is C16H19NO2. The van der Waals surface area contributed by atoms with Crippen molar-refractivity contribution in [2.24, 2.45) is 0 Å². The van der Waals surface area contributed by atoms with E-state index in [4.69, 9.17) is 5.11 Å². The van der Waals surface area contributed by atoms with Crippen molar-refractivity contribution < 1.29 is 9.90 Å². The van der Waals surface area contributed by atoms with E-state index in [9.17, 15) is 4.79 Å². The minimum atomic E-state index is -0.793. The number of hydrogen-bond acceptors (Lipinski definition) is 2. The van der Waals surface area contributed by atoms with Crippen LogP contribution in [-0.4, -0.2) is 29.1 Å². The number of carbonyl (C=O) groups is 1. The molecule has 0 spiro atoms. The Labute approximate surface area is 113 Å². The molecule has 0 saturated heterocycles. The van der Waals surface area contributed by atoms with Gasteiger partial charge in [0.15, 0.2) is 0 Å². The largest absolute Gasteiger partial charge is 0.480 e. The van der Waals surface area contributed by atoms with Crippen molar-refractivity contribution >= 4 is 16.7 Å². The normalized spacial score (nSPS) is 12.8. The molecule has 0 bridgehead atoms. The second-order valence-corrected chi connectivity index (χ2v) is 5.11. The molecule has 0 aliphatic rings. The standard InChI is InChI=1S/C16H19NO2/c1-11-4-6-15-9-13(5-7-14(15)8-11)10-17(3)12(2)16(18)19/h4-9,12H,10H2,1-3H3,(H,18,19). The van der Waals surface area contributed by atoms with Gasteiger partial charge in [-0.15, -0.1) is 0 Å². The Bertz CT molecular complexity index is 607. The fourth-order valence-electron chi connectivity index (χ4n) is 2.13. The molecule has 1 N–H and O–H groups in total. The van der Waals surface area contributed by atoms with Crippen LogP contribution >= 0.6 is 0 Å². The average molecular weight is 257 g/mol. The van der Waals surface area contributed by atoms with E-state index in [1.165, 1.54) is 16.3 Å². The van der Waals surface area contributed by atoms with Crippen molar-refractivity contribution in [1.29, 1.82) is 0 Å². The van der Waals surface area contributed by atoms with Gasteiger partial charge < -0.3 is 5.11 Å². The first-order valence-electron chi connectivity index (χ1n) is 6.40. The third-order valence-corrected chi connectivity index (χ3v) is 3.51. The predicted molar refractivity (Wildman–Crippen MR) is 77.2 cm³/mol. The third-order valence-electron chi connectivity index (χ3n) is 3.51. The molecule has 0 fully saturated rings. The van der Waals surface area contributed by atoms with Gasteiger partial charge in [0.05, 0.1) is 0 Å². The molecule has 1 unspecified atom stereocenters. The molecule has 0 aliphatic heterocycles. The first-order valence-corrected chi connectivity index (χ1v) is 6.40. The lowest BCUT2D eigenvalue weighted by atomic mass is 10.0. The van der Waals surface area contributed by atoms with Gasteiger partial charge in [-0.25, -0.2) is 0 Å². The van der Waals surface area contributed by atoms with Gasteiger partial charge in [-0.1, -0.05) is 35.9 Å². The molecule has 0 aromatic heterocycles. The van der Waals surface area contributed by atoms with Gasteiger partial charge in [0, 0.05) is 6.54 Å². The fourth-order valence-corrected chi connectivity index (χ4v) is 2.13. The van der Waals surface area contributed by atoms with E-state index in [0.717, 1.165) is 5.56 Å². The minimum Gasteiger partial charge on any atom is -0.480 e. The summed E-state index contributed by atoms with van der Waals surface area (Å²) in [6.07, 6.45) is 0. The second-order valence-electron chi connectivity index (χ2n) is 5.11. The highest BCUT2D eigenvalue weighted by molar-refractivity contribution is 5.83. The molecular weight excluding hydrogens is 238 g/mol. The number of rotatable bonds is 4. The number of hydrogen-bond donors (Lipinski definition) is 1. The Hall–Kier alpha value is -1.87. The predicted octanol–water partition coefficient (Wildman–Crippen LogP) is 3.05. The summed E-state index contributed by atoms with van der Waals surface area (Å²) >= 11 is 0. The first-order chi connectivity index (χ1) is 8.97. The number of fused-ring (bicyclic) bond motifs is 1. The Morgan fingerprint density at radius 2 is 1.84 bits per heavy atom. The summed E-state index contributed by atoms with van der Waals surface area (Å²) in [4.78, 5) is 12.8. The van der Waals surface area contributed by atoms with Crippen LogP contribution < -0.4 is 0 Å². The van der Waals surface area contributed by atoms with Gasteiger partial charge in [0.1, 0.15) is 6.04 Å². The minimum absolute atomic E-state index is 0.478. The summed E-state index contributed by atoms with van der Waals surface area (Å²) in [5.41, 5.74) is 2.38. The van der Waals surface area contributed by atoms with E-state index in [1.54, 1.807) is 6.92 Å². The number of nitrogens with zero attached hydrogens (tertiary/aromatic N) is 1. The quantitative estimate of drug-likeness (QED) is 0.915. The van der Waals surface area contributed by atoms with Crippen LogP contribution in [0.4, 0.5) is 0 Å². The number of aliphatic carboxylic acids is 1. The van der Waals surface area contributed by atoms with Crippen LogP contribution in [-0.2, 0) is 11.3 Å². The maximum absolute atomic E-state index is 10.9. The molecule has 0 heterocycles. The number of carboxylic acid groups (broad SMARTS) is 1. The highest BCUT2D eigenvalue weighted by Gasteiger charge is 2.16. The maximum atomic E-state index is 10.9. The number of benzene rings is 2. The Balaban J connectivity index is 2.22. The monoisotopic (exact) mass is 257 g/mol. The summed E-state index contributed by atoms with van der Waals surface area (Å²) in [5, 5.41) is 11.4. The third kappa shape index (κ3) is 3.12. The van der Waals surface area contributed by atoms with E-state index >= 15 is 0 Å². The molecule has 100 valence electrons. The molecule has 2 rings (SSSR count). The lowest BCUT2D eigenvalue weighted by Crippen LogP contribution is -2.35. The topological polar surface area (TPSA) is 40.5 Å². The van der Waals surface area contributed by atoms with E-state index < -0.39 is 12.0 Å². The molecule has 3 heteroatoms. The van der Waals surface area contributed by atoms with Crippen molar-refractivity contribution in [3.8, 4) is 0 Å². The van der Waals surface area contributed by atoms with E-state index in [1.807, 2.05) is 11.9 Å². The summed E-state index contributed by atoms with van der Waals surface area (Å²) in [5.74, 6) is -0.793. The molecule has 19 heavy (non-hydrogen) atoms. The van der Waals surface area contributed by atoms with Crippen molar-refractivity contribution in [1.82, 2.24) is 4.90 Å². The fraction of sp³-hybridized carbons (Fsp3) is 0.312. The van der Waals surface area contributed by atoms with Crippen LogP contribution in [0.3, 0.4) is 0 Å². The summed E-state index contributed by atoms with van der Waals surface area (Å²) in [7, 11) is 1.83. The molecule has 0 amide bonds. The summed E-state index contributed by atoms with van der Waals surface area (Å²) in [6.45, 7) is 4.42. The number of carboxylic acids is 1. The van der Waals surface area contributed by atoms with Crippen molar-refractivity contribution in [3.05, 3.63) is 47.5 Å². The smallest absolute Gasteiger partial charge is 0.320 e. The zero-order valence-corrected chi connectivity index (χ0v) is 11.6. The SMILES string of the molecule is Cc1ccc2cc(CN(C)C(C)C(=O)O)ccc2c1. The molecule has 2 aromatic rings. The molecule has 2 aromatic carbocycles. The Kier molecular flexibility index (Phi) is 3.86. The lowest BCUT2D eigenvalue weighted by Gasteiger charge is -2.21. The van der Waals surface area contributed by atoms with Crippen LogP contribution in [0.5, 0.6) is 0 Å². The maximum Gasteiger partial charge on any atom is 0.320 e. The van der Waals surface area contributed by atoms with E-state index in [2.05, 4.69) is 43.3 Å². The number of aryl methyl sites for hydroxylation is 1. The molecule has 0 aliphatic carbocycles. The lowest BCUT2D eigenvalue weighted by molar-refractivity contribution is -0.142. The van der Waals surface area contributed by atoms with Crippen molar-refractivity contribution in [3.63, 3.8) is 0 Å². The second kappa shape index (κ2) is 5.41. The van der Waals surface area contributed by atoms with Gasteiger partial charge >= 0.3 is 5.97 Å². The Morgan fingerprint density at radius 1 is 1.21 bits per heavy atom.